The molecule has 4 heterocycles. The molecular formula is C18H20BF3N4O3. The molecule has 2 amide bonds. The molecule has 2 aromatic heterocycles. The number of pyridine rings is 1. The third-order valence-corrected chi connectivity index (χ3v) is 6.57. The highest BCUT2D eigenvalue weighted by Crippen LogP contribution is 2.53. The van der Waals surface area contributed by atoms with Crippen LogP contribution in [0.15, 0.2) is 18.5 Å². The minimum atomic E-state index is -4.41. The summed E-state index contributed by atoms with van der Waals surface area (Å²) in [7, 11) is -1.02. The summed E-state index contributed by atoms with van der Waals surface area (Å²) in [5.74, 6) is 0. The Bertz CT molecular complexity index is 963. The SMILES string of the molecule is O=C(NCC(F)(F)F)N1CC2(CCC3(CC2)OB(O)c2cnc4[nH]ccc4c23)C1. The van der Waals surface area contributed by atoms with Gasteiger partial charge in [-0.3, -0.25) is 0 Å². The number of rotatable bonds is 1. The Hall–Kier alpha value is -2.27. The molecule has 0 bridgehead atoms. The molecule has 7 nitrogen and oxygen atoms in total. The standard InChI is InChI=1S/C18H20BF3N4O3/c20-18(21,22)8-25-15(27)26-9-16(10-26)2-4-17(5-3-16)13-11-1-6-23-14(11)24-7-12(13)19(28)29-17/h1,6-7,28H,2-5,8-10H2,(H,23,24)(H,25,27). The fourth-order valence-electron chi connectivity index (χ4n) is 5.12. The smallest absolute Gasteiger partial charge is 0.423 e. The molecule has 2 fully saturated rings. The third kappa shape index (κ3) is 2.98. The average Bonchev–Trinajstić information content (AvgIpc) is 3.21. The van der Waals surface area contributed by atoms with Gasteiger partial charge in [0.1, 0.15) is 12.2 Å². The van der Waals surface area contributed by atoms with Crippen molar-refractivity contribution >= 4 is 29.6 Å². The van der Waals surface area contributed by atoms with E-state index in [4.69, 9.17) is 4.65 Å². The first kappa shape index (κ1) is 18.7. The van der Waals surface area contributed by atoms with Crippen molar-refractivity contribution in [2.75, 3.05) is 19.6 Å². The number of nitrogens with one attached hydrogen (secondary N) is 2. The van der Waals surface area contributed by atoms with E-state index in [1.165, 1.54) is 4.90 Å². The summed E-state index contributed by atoms with van der Waals surface area (Å²) in [6, 6.07) is 1.26. The van der Waals surface area contributed by atoms with E-state index in [0.717, 1.165) is 29.4 Å². The number of hydrogen-bond acceptors (Lipinski definition) is 4. The number of nitrogens with zero attached hydrogens (tertiary/aromatic N) is 2. The number of alkyl halides is 3. The summed E-state index contributed by atoms with van der Waals surface area (Å²) < 4.78 is 42.9. The van der Waals surface area contributed by atoms with E-state index < -0.39 is 31.5 Å². The number of hydrogen-bond donors (Lipinski definition) is 3. The fraction of sp³-hybridized carbons (Fsp3) is 0.556. The van der Waals surface area contributed by atoms with Gasteiger partial charge in [0.2, 0.25) is 0 Å². The van der Waals surface area contributed by atoms with E-state index in [1.807, 2.05) is 17.6 Å². The highest BCUT2D eigenvalue weighted by molar-refractivity contribution is 6.62. The van der Waals surface area contributed by atoms with Crippen LogP contribution in [0.1, 0.15) is 31.2 Å². The minimum absolute atomic E-state index is 0.0951. The topological polar surface area (TPSA) is 90.5 Å². The summed E-state index contributed by atoms with van der Waals surface area (Å²) in [5, 5.41) is 13.3. The second-order valence-electron chi connectivity index (χ2n) is 8.42. The largest absolute Gasteiger partial charge is 0.493 e. The van der Waals surface area contributed by atoms with Gasteiger partial charge in [-0.05, 0) is 37.3 Å². The van der Waals surface area contributed by atoms with Crippen LogP contribution >= 0.6 is 0 Å². The van der Waals surface area contributed by atoms with E-state index in [1.54, 1.807) is 6.20 Å². The number of likely N-dealkylation sites (tertiary alicyclic amines) is 1. The first-order valence-electron chi connectivity index (χ1n) is 9.62. The molecule has 0 aromatic carbocycles. The molecule has 3 N–H and O–H groups in total. The normalized spacial score (nSPS) is 22.2. The predicted molar refractivity (Wildman–Crippen MR) is 98.4 cm³/mol. The highest BCUT2D eigenvalue weighted by Gasteiger charge is 2.56. The Kier molecular flexibility index (Phi) is 3.95. The quantitative estimate of drug-likeness (QED) is 0.626. The zero-order valence-corrected chi connectivity index (χ0v) is 15.6. The maximum Gasteiger partial charge on any atom is 0.493 e. The molecule has 154 valence electrons. The van der Waals surface area contributed by atoms with Crippen LogP contribution in [0.3, 0.4) is 0 Å². The van der Waals surface area contributed by atoms with Crippen LogP contribution < -0.4 is 10.8 Å². The first-order valence-corrected chi connectivity index (χ1v) is 9.62. The summed E-state index contributed by atoms with van der Waals surface area (Å²) in [4.78, 5) is 20.8. The van der Waals surface area contributed by atoms with Crippen LogP contribution in [-0.4, -0.2) is 58.9 Å². The maximum atomic E-state index is 12.3. The maximum absolute atomic E-state index is 12.3. The van der Waals surface area contributed by atoms with Crippen molar-refractivity contribution in [1.82, 2.24) is 20.2 Å². The molecule has 5 rings (SSSR count). The van der Waals surface area contributed by atoms with Crippen LogP contribution in [0.2, 0.25) is 0 Å². The molecule has 3 aliphatic rings. The molecule has 29 heavy (non-hydrogen) atoms. The molecule has 1 saturated carbocycles. The van der Waals surface area contributed by atoms with E-state index in [0.29, 0.717) is 31.4 Å². The lowest BCUT2D eigenvalue weighted by molar-refractivity contribution is -0.124. The lowest BCUT2D eigenvalue weighted by atomic mass is 9.63. The second kappa shape index (κ2) is 6.12. The fourth-order valence-corrected chi connectivity index (χ4v) is 5.12. The van der Waals surface area contributed by atoms with Crippen molar-refractivity contribution in [3.05, 3.63) is 24.0 Å². The molecule has 0 unspecified atom stereocenters. The first-order chi connectivity index (χ1) is 13.7. The Labute approximate surface area is 164 Å². The minimum Gasteiger partial charge on any atom is -0.423 e. The van der Waals surface area contributed by atoms with Gasteiger partial charge in [0.25, 0.3) is 0 Å². The molecule has 0 atom stereocenters. The summed E-state index contributed by atoms with van der Waals surface area (Å²) >= 11 is 0. The Morgan fingerprint density at radius 3 is 2.76 bits per heavy atom. The molecular weight excluding hydrogens is 388 g/mol. The lowest BCUT2D eigenvalue weighted by Crippen LogP contribution is -2.63. The summed E-state index contributed by atoms with van der Waals surface area (Å²) in [6.45, 7) is -0.433. The van der Waals surface area contributed by atoms with Crippen LogP contribution in [-0.2, 0) is 10.3 Å². The monoisotopic (exact) mass is 408 g/mol. The third-order valence-electron chi connectivity index (χ3n) is 6.57. The van der Waals surface area contributed by atoms with E-state index in [2.05, 4.69) is 9.97 Å². The van der Waals surface area contributed by atoms with E-state index in [-0.39, 0.29) is 5.41 Å². The van der Waals surface area contributed by atoms with Gasteiger partial charge < -0.3 is 24.9 Å². The Morgan fingerprint density at radius 1 is 1.34 bits per heavy atom. The molecule has 0 radical (unpaired) electrons. The lowest BCUT2D eigenvalue weighted by Gasteiger charge is -2.55. The number of halogens is 3. The number of urea groups is 1. The van der Waals surface area contributed by atoms with Crippen molar-refractivity contribution < 1.29 is 27.6 Å². The van der Waals surface area contributed by atoms with Crippen LogP contribution in [0, 0.1) is 5.41 Å². The van der Waals surface area contributed by atoms with Crippen molar-refractivity contribution in [3.63, 3.8) is 0 Å². The van der Waals surface area contributed by atoms with Crippen molar-refractivity contribution in [3.8, 4) is 0 Å². The van der Waals surface area contributed by atoms with Crippen LogP contribution in [0.25, 0.3) is 11.0 Å². The second-order valence-corrected chi connectivity index (χ2v) is 8.42. The van der Waals surface area contributed by atoms with Crippen molar-refractivity contribution in [1.29, 1.82) is 0 Å². The summed E-state index contributed by atoms with van der Waals surface area (Å²) in [6.07, 6.45) is 1.95. The van der Waals surface area contributed by atoms with Gasteiger partial charge in [-0.2, -0.15) is 13.2 Å². The number of fused-ring (bicyclic) bond motifs is 4. The summed E-state index contributed by atoms with van der Waals surface area (Å²) in [5.41, 5.74) is 1.72. The molecule has 2 aliphatic heterocycles. The number of H-pyrrole nitrogens is 1. The van der Waals surface area contributed by atoms with Gasteiger partial charge in [-0.25, -0.2) is 9.78 Å². The highest BCUT2D eigenvalue weighted by atomic mass is 19.4. The molecule has 1 aliphatic carbocycles. The number of carbonyl (C=O) groups excluding carboxylic acids is 1. The predicted octanol–water partition coefficient (Wildman–Crippen LogP) is 1.62. The van der Waals surface area contributed by atoms with Crippen molar-refractivity contribution in [2.24, 2.45) is 5.41 Å². The number of amides is 2. The van der Waals surface area contributed by atoms with Crippen molar-refractivity contribution in [2.45, 2.75) is 37.5 Å². The van der Waals surface area contributed by atoms with Crippen LogP contribution in [0.5, 0.6) is 0 Å². The van der Waals surface area contributed by atoms with Gasteiger partial charge in [-0.15, -0.1) is 0 Å². The number of aromatic nitrogens is 2. The van der Waals surface area contributed by atoms with Gasteiger partial charge in [-0.1, -0.05) is 0 Å². The molecule has 11 heteroatoms. The Balaban J connectivity index is 1.28. The zero-order chi connectivity index (χ0) is 20.4. The zero-order valence-electron chi connectivity index (χ0n) is 15.6. The van der Waals surface area contributed by atoms with Gasteiger partial charge in [0, 0.05) is 41.7 Å². The van der Waals surface area contributed by atoms with Gasteiger partial charge >= 0.3 is 19.3 Å². The van der Waals surface area contributed by atoms with E-state index in [9.17, 15) is 23.0 Å². The van der Waals surface area contributed by atoms with Gasteiger partial charge in [0.05, 0.1) is 5.60 Å². The number of aromatic amines is 1. The molecule has 1 saturated heterocycles. The Morgan fingerprint density at radius 2 is 2.07 bits per heavy atom. The molecule has 2 spiro atoms. The van der Waals surface area contributed by atoms with Gasteiger partial charge in [0.15, 0.2) is 0 Å². The van der Waals surface area contributed by atoms with Crippen LogP contribution in [0.4, 0.5) is 18.0 Å². The van der Waals surface area contributed by atoms with E-state index >= 15 is 0 Å². The average molecular weight is 408 g/mol. The number of carbonyl (C=O) groups is 1. The molecule has 2 aromatic rings.